The first kappa shape index (κ1) is 13.8. The van der Waals surface area contributed by atoms with Crippen molar-refractivity contribution < 1.29 is 18.0 Å². The second-order valence-corrected chi connectivity index (χ2v) is 6.52. The van der Waals surface area contributed by atoms with E-state index in [1.54, 1.807) is 24.3 Å². The topological polar surface area (TPSA) is 17.1 Å². The lowest BCUT2D eigenvalue weighted by atomic mass is 9.80. The second-order valence-electron chi connectivity index (χ2n) is 6.52. The number of alkyl halides is 3. The van der Waals surface area contributed by atoms with Crippen LogP contribution in [0.4, 0.5) is 13.2 Å². The Kier molecular flexibility index (Phi) is 2.72. The van der Waals surface area contributed by atoms with E-state index in [-0.39, 0.29) is 23.3 Å². The molecule has 0 amide bonds. The van der Waals surface area contributed by atoms with E-state index < -0.39 is 23.5 Å². The molecule has 3 aliphatic rings. The van der Waals surface area contributed by atoms with Gasteiger partial charge in [0.25, 0.3) is 0 Å². The molecule has 0 unspecified atom stereocenters. The predicted octanol–water partition coefficient (Wildman–Crippen LogP) is 4.33. The SMILES string of the molecule is Cc1ccc(C2=C(C(F)(F)F)C(=O)[C@H]3[C@@H]2[C@@H]2C=C[C@H]3C2)cc1. The number of benzene rings is 1. The van der Waals surface area contributed by atoms with Crippen LogP contribution in [-0.2, 0) is 4.79 Å². The number of ketones is 1. The Bertz CT molecular complexity index is 709. The van der Waals surface area contributed by atoms with Crippen LogP contribution in [-0.4, -0.2) is 12.0 Å². The van der Waals surface area contributed by atoms with Gasteiger partial charge in [0.05, 0.1) is 0 Å². The maximum atomic E-state index is 13.5. The van der Waals surface area contributed by atoms with Crippen molar-refractivity contribution in [1.29, 1.82) is 0 Å². The quantitative estimate of drug-likeness (QED) is 0.706. The third-order valence-corrected chi connectivity index (χ3v) is 5.26. The number of hydrogen-bond donors (Lipinski definition) is 0. The molecule has 4 atom stereocenters. The molecule has 114 valence electrons. The fourth-order valence-corrected chi connectivity index (χ4v) is 4.40. The van der Waals surface area contributed by atoms with Gasteiger partial charge in [-0.15, -0.1) is 0 Å². The smallest absolute Gasteiger partial charge is 0.294 e. The van der Waals surface area contributed by atoms with Gasteiger partial charge in [0, 0.05) is 11.8 Å². The summed E-state index contributed by atoms with van der Waals surface area (Å²) in [7, 11) is 0. The average Bonchev–Trinajstić information content (AvgIpc) is 3.10. The molecule has 1 aromatic carbocycles. The molecule has 0 aromatic heterocycles. The highest BCUT2D eigenvalue weighted by atomic mass is 19.4. The minimum Gasteiger partial charge on any atom is -0.294 e. The Morgan fingerprint density at radius 2 is 1.59 bits per heavy atom. The largest absolute Gasteiger partial charge is 0.420 e. The highest BCUT2D eigenvalue weighted by molar-refractivity contribution is 6.11. The number of fused-ring (bicyclic) bond motifs is 5. The minimum absolute atomic E-state index is 0.0252. The van der Waals surface area contributed by atoms with Crippen LogP contribution in [0.2, 0.25) is 0 Å². The molecule has 2 bridgehead atoms. The van der Waals surface area contributed by atoms with Crippen molar-refractivity contribution in [3.63, 3.8) is 0 Å². The lowest BCUT2D eigenvalue weighted by Gasteiger charge is -2.22. The van der Waals surface area contributed by atoms with Crippen LogP contribution >= 0.6 is 0 Å². The number of carbonyl (C=O) groups is 1. The molecule has 1 nitrogen and oxygen atoms in total. The first-order valence-corrected chi connectivity index (χ1v) is 7.49. The zero-order valence-electron chi connectivity index (χ0n) is 12.0. The molecule has 0 saturated heterocycles. The monoisotopic (exact) mass is 304 g/mol. The summed E-state index contributed by atoms with van der Waals surface area (Å²) >= 11 is 0. The van der Waals surface area contributed by atoms with Gasteiger partial charge in [-0.25, -0.2) is 0 Å². The van der Waals surface area contributed by atoms with E-state index in [4.69, 9.17) is 0 Å². The highest BCUT2D eigenvalue weighted by Gasteiger charge is 2.60. The van der Waals surface area contributed by atoms with E-state index in [9.17, 15) is 18.0 Å². The Balaban J connectivity index is 1.92. The van der Waals surface area contributed by atoms with Gasteiger partial charge in [0.2, 0.25) is 0 Å². The van der Waals surface area contributed by atoms with Crippen molar-refractivity contribution in [1.82, 2.24) is 0 Å². The standard InChI is InChI=1S/C18H15F3O/c1-9-2-4-10(5-3-9)14-13-11-6-7-12(8-11)15(13)17(22)16(14)18(19,20)21/h2-7,11-13,15H,8H2,1H3/t11-,12+,13-,15-/m1/s1. The van der Waals surface area contributed by atoms with Gasteiger partial charge in [-0.05, 0) is 36.3 Å². The van der Waals surface area contributed by atoms with E-state index in [2.05, 4.69) is 0 Å². The third kappa shape index (κ3) is 1.76. The number of Topliss-reactive ketones (excluding diaryl/α,β-unsaturated/α-hetero) is 1. The summed E-state index contributed by atoms with van der Waals surface area (Å²) in [5.74, 6) is -1.48. The molecular weight excluding hydrogens is 289 g/mol. The molecular formula is C18H15F3O. The van der Waals surface area contributed by atoms with E-state index >= 15 is 0 Å². The van der Waals surface area contributed by atoms with Crippen molar-refractivity contribution >= 4 is 11.4 Å². The second kappa shape index (κ2) is 4.34. The summed E-state index contributed by atoms with van der Waals surface area (Å²) in [6, 6.07) is 7.03. The van der Waals surface area contributed by atoms with E-state index in [0.717, 1.165) is 12.0 Å². The van der Waals surface area contributed by atoms with Crippen molar-refractivity contribution in [3.05, 3.63) is 53.1 Å². The lowest BCUT2D eigenvalue weighted by Crippen LogP contribution is -2.25. The molecule has 3 aliphatic carbocycles. The summed E-state index contributed by atoms with van der Waals surface area (Å²) in [4.78, 5) is 12.5. The summed E-state index contributed by atoms with van der Waals surface area (Å²) in [6.07, 6.45) is 0.144. The number of hydrogen-bond acceptors (Lipinski definition) is 1. The van der Waals surface area contributed by atoms with Crippen LogP contribution in [0.3, 0.4) is 0 Å². The Morgan fingerprint density at radius 1 is 1.00 bits per heavy atom. The summed E-state index contributed by atoms with van der Waals surface area (Å²) < 4.78 is 40.5. The minimum atomic E-state index is -4.58. The highest BCUT2D eigenvalue weighted by Crippen LogP contribution is 2.60. The lowest BCUT2D eigenvalue weighted by molar-refractivity contribution is -0.131. The number of allylic oxidation sites excluding steroid dienone is 4. The Labute approximate surface area is 126 Å². The molecule has 1 aromatic rings. The summed E-state index contributed by atoms with van der Waals surface area (Å²) in [5.41, 5.74) is 0.843. The number of rotatable bonds is 1. The maximum absolute atomic E-state index is 13.5. The zero-order valence-corrected chi connectivity index (χ0v) is 12.0. The maximum Gasteiger partial charge on any atom is 0.420 e. The molecule has 0 N–H and O–H groups in total. The molecule has 0 heterocycles. The van der Waals surface area contributed by atoms with Crippen LogP contribution in [0.1, 0.15) is 17.5 Å². The van der Waals surface area contributed by atoms with Gasteiger partial charge < -0.3 is 0 Å². The van der Waals surface area contributed by atoms with Crippen LogP contribution in [0.25, 0.3) is 5.57 Å². The normalized spacial score (nSPS) is 33.0. The number of halogens is 3. The third-order valence-electron chi connectivity index (χ3n) is 5.26. The van der Waals surface area contributed by atoms with Gasteiger partial charge in [0.1, 0.15) is 5.57 Å². The molecule has 1 fully saturated rings. The van der Waals surface area contributed by atoms with E-state index in [1.165, 1.54) is 0 Å². The molecule has 0 aliphatic heterocycles. The Morgan fingerprint density at radius 3 is 2.18 bits per heavy atom. The van der Waals surface area contributed by atoms with Crippen LogP contribution in [0.15, 0.2) is 42.0 Å². The van der Waals surface area contributed by atoms with Crippen molar-refractivity contribution in [3.8, 4) is 0 Å². The van der Waals surface area contributed by atoms with Crippen molar-refractivity contribution in [2.24, 2.45) is 23.7 Å². The van der Waals surface area contributed by atoms with Gasteiger partial charge in [0.15, 0.2) is 5.78 Å². The van der Waals surface area contributed by atoms with Gasteiger partial charge >= 0.3 is 6.18 Å². The van der Waals surface area contributed by atoms with Gasteiger partial charge in [-0.3, -0.25) is 4.79 Å². The Hall–Kier alpha value is -1.84. The van der Waals surface area contributed by atoms with Crippen molar-refractivity contribution in [2.75, 3.05) is 0 Å². The molecule has 1 saturated carbocycles. The average molecular weight is 304 g/mol. The van der Waals surface area contributed by atoms with Crippen LogP contribution in [0.5, 0.6) is 0 Å². The van der Waals surface area contributed by atoms with E-state index in [1.807, 2.05) is 19.1 Å². The van der Waals surface area contributed by atoms with Crippen molar-refractivity contribution in [2.45, 2.75) is 19.5 Å². The molecule has 4 rings (SSSR count). The molecule has 0 spiro atoms. The first-order chi connectivity index (χ1) is 10.4. The molecule has 4 heteroatoms. The number of carbonyl (C=O) groups excluding carboxylic acids is 1. The fraction of sp³-hybridized carbons (Fsp3) is 0.389. The fourth-order valence-electron chi connectivity index (χ4n) is 4.40. The summed E-state index contributed by atoms with van der Waals surface area (Å²) in [5, 5.41) is 0. The van der Waals surface area contributed by atoms with Gasteiger partial charge in [-0.2, -0.15) is 13.2 Å². The zero-order chi connectivity index (χ0) is 15.6. The van der Waals surface area contributed by atoms with Crippen LogP contribution < -0.4 is 0 Å². The van der Waals surface area contributed by atoms with Gasteiger partial charge in [-0.1, -0.05) is 42.0 Å². The first-order valence-electron chi connectivity index (χ1n) is 7.49. The molecule has 22 heavy (non-hydrogen) atoms. The van der Waals surface area contributed by atoms with E-state index in [0.29, 0.717) is 5.56 Å². The molecule has 0 radical (unpaired) electrons. The number of aryl methyl sites for hydroxylation is 1. The predicted molar refractivity (Wildman–Crippen MR) is 76.9 cm³/mol. The van der Waals surface area contributed by atoms with Crippen LogP contribution in [0, 0.1) is 30.6 Å². The summed E-state index contributed by atoms with van der Waals surface area (Å²) in [6.45, 7) is 1.89.